The monoisotopic (exact) mass is 233 g/mol. The van der Waals surface area contributed by atoms with Crippen LogP contribution in [0.1, 0.15) is 13.8 Å². The van der Waals surface area contributed by atoms with Crippen LogP contribution in [-0.2, 0) is 0 Å². The molecule has 0 unspecified atom stereocenters. The number of amides is 2. The van der Waals surface area contributed by atoms with E-state index in [2.05, 4.69) is 13.8 Å². The van der Waals surface area contributed by atoms with E-state index in [1.54, 1.807) is 4.90 Å². The maximum absolute atomic E-state index is 12.2. The minimum absolute atomic E-state index is 0.0663. The van der Waals surface area contributed by atoms with Gasteiger partial charge in [0.15, 0.2) is 0 Å². The molecule has 0 aliphatic carbocycles. The molecular weight excluding hydrogens is 214 g/mol. The standard InChI is InChI=1S/C13H19N3O/c1-10(2)9-15-7-8-16(13(15)17)12-6-4-3-5-11(12)14/h3-6,10H,7-9,14H2,1-2H3. The van der Waals surface area contributed by atoms with E-state index < -0.39 is 0 Å². The summed E-state index contributed by atoms with van der Waals surface area (Å²) in [6.45, 7) is 6.55. The van der Waals surface area contributed by atoms with Gasteiger partial charge in [0.05, 0.1) is 11.4 Å². The van der Waals surface area contributed by atoms with E-state index in [0.717, 1.165) is 25.3 Å². The van der Waals surface area contributed by atoms with Crippen LogP contribution in [0.25, 0.3) is 0 Å². The Kier molecular flexibility index (Phi) is 3.22. The van der Waals surface area contributed by atoms with Crippen molar-refractivity contribution in [1.82, 2.24) is 4.90 Å². The number of benzene rings is 1. The predicted octanol–water partition coefficient (Wildman–Crippen LogP) is 2.17. The van der Waals surface area contributed by atoms with Gasteiger partial charge in [-0.3, -0.25) is 4.90 Å². The third-order valence-corrected chi connectivity index (χ3v) is 2.91. The van der Waals surface area contributed by atoms with Crippen molar-refractivity contribution in [3.8, 4) is 0 Å². The van der Waals surface area contributed by atoms with Crippen molar-refractivity contribution in [2.45, 2.75) is 13.8 Å². The van der Waals surface area contributed by atoms with Crippen molar-refractivity contribution in [1.29, 1.82) is 0 Å². The third kappa shape index (κ3) is 2.35. The molecule has 2 N–H and O–H groups in total. The van der Waals surface area contributed by atoms with E-state index >= 15 is 0 Å². The van der Waals surface area contributed by atoms with E-state index in [1.165, 1.54) is 0 Å². The Morgan fingerprint density at radius 2 is 2.00 bits per heavy atom. The van der Waals surface area contributed by atoms with Crippen LogP contribution in [0.3, 0.4) is 0 Å². The number of carbonyl (C=O) groups is 1. The summed E-state index contributed by atoms with van der Waals surface area (Å²) in [4.78, 5) is 15.8. The molecule has 1 saturated heterocycles. The third-order valence-electron chi connectivity index (χ3n) is 2.91. The van der Waals surface area contributed by atoms with Crippen LogP contribution in [0.2, 0.25) is 0 Å². The van der Waals surface area contributed by atoms with Crippen LogP contribution in [0.4, 0.5) is 16.2 Å². The quantitative estimate of drug-likeness (QED) is 0.813. The molecule has 4 heteroatoms. The number of hydrogen-bond acceptors (Lipinski definition) is 2. The zero-order valence-corrected chi connectivity index (χ0v) is 10.4. The largest absolute Gasteiger partial charge is 0.397 e. The minimum Gasteiger partial charge on any atom is -0.397 e. The molecule has 1 heterocycles. The summed E-state index contributed by atoms with van der Waals surface area (Å²) in [6, 6.07) is 7.58. The first-order valence-electron chi connectivity index (χ1n) is 6.00. The van der Waals surface area contributed by atoms with Gasteiger partial charge in [-0.15, -0.1) is 0 Å². The van der Waals surface area contributed by atoms with E-state index in [1.807, 2.05) is 29.2 Å². The predicted molar refractivity (Wildman–Crippen MR) is 70.0 cm³/mol. The Hall–Kier alpha value is -1.71. The number of hydrogen-bond donors (Lipinski definition) is 1. The smallest absolute Gasteiger partial charge is 0.324 e. The lowest BCUT2D eigenvalue weighted by molar-refractivity contribution is 0.215. The topological polar surface area (TPSA) is 49.6 Å². The Morgan fingerprint density at radius 3 is 2.65 bits per heavy atom. The van der Waals surface area contributed by atoms with Crippen LogP contribution in [-0.4, -0.2) is 30.6 Å². The first-order chi connectivity index (χ1) is 8.09. The molecule has 17 heavy (non-hydrogen) atoms. The minimum atomic E-state index is 0.0663. The summed E-state index contributed by atoms with van der Waals surface area (Å²) < 4.78 is 0. The Bertz CT molecular complexity index is 417. The van der Waals surface area contributed by atoms with Gasteiger partial charge in [-0.05, 0) is 18.1 Å². The number of carbonyl (C=O) groups excluding carboxylic acids is 1. The van der Waals surface area contributed by atoms with Crippen molar-refractivity contribution in [2.75, 3.05) is 30.3 Å². The molecule has 0 spiro atoms. The molecule has 0 bridgehead atoms. The number of nitrogens with two attached hydrogens (primary N) is 1. The number of para-hydroxylation sites is 2. The second-order valence-corrected chi connectivity index (χ2v) is 4.83. The zero-order valence-electron chi connectivity index (χ0n) is 10.4. The van der Waals surface area contributed by atoms with Crippen molar-refractivity contribution < 1.29 is 4.79 Å². The SMILES string of the molecule is CC(C)CN1CCN(c2ccccc2N)C1=O. The van der Waals surface area contributed by atoms with Gasteiger partial charge in [0.1, 0.15) is 0 Å². The molecule has 2 rings (SSSR count). The highest BCUT2D eigenvalue weighted by atomic mass is 16.2. The highest BCUT2D eigenvalue weighted by Crippen LogP contribution is 2.26. The van der Waals surface area contributed by atoms with Gasteiger partial charge in [0.2, 0.25) is 0 Å². The molecule has 2 amide bonds. The lowest BCUT2D eigenvalue weighted by Gasteiger charge is -2.21. The van der Waals surface area contributed by atoms with Gasteiger partial charge in [-0.1, -0.05) is 26.0 Å². The van der Waals surface area contributed by atoms with E-state index in [4.69, 9.17) is 5.73 Å². The fraction of sp³-hybridized carbons (Fsp3) is 0.462. The van der Waals surface area contributed by atoms with Crippen LogP contribution in [0.15, 0.2) is 24.3 Å². The van der Waals surface area contributed by atoms with Gasteiger partial charge in [0.25, 0.3) is 0 Å². The Labute approximate surface area is 102 Å². The van der Waals surface area contributed by atoms with E-state index in [9.17, 15) is 4.79 Å². The number of anilines is 2. The van der Waals surface area contributed by atoms with Crippen molar-refractivity contribution in [3.63, 3.8) is 0 Å². The van der Waals surface area contributed by atoms with Crippen LogP contribution in [0.5, 0.6) is 0 Å². The highest BCUT2D eigenvalue weighted by Gasteiger charge is 2.30. The van der Waals surface area contributed by atoms with Gasteiger partial charge < -0.3 is 10.6 Å². The molecule has 1 aliphatic heterocycles. The van der Waals surface area contributed by atoms with Gasteiger partial charge in [-0.2, -0.15) is 0 Å². The maximum atomic E-state index is 12.2. The summed E-state index contributed by atoms with van der Waals surface area (Å²) in [6.07, 6.45) is 0. The summed E-state index contributed by atoms with van der Waals surface area (Å²) in [5.41, 5.74) is 7.38. The molecule has 0 saturated carbocycles. The van der Waals surface area contributed by atoms with Gasteiger partial charge in [0, 0.05) is 19.6 Å². The molecule has 0 atom stereocenters. The molecule has 4 nitrogen and oxygen atoms in total. The lowest BCUT2D eigenvalue weighted by atomic mass is 10.2. The molecule has 1 aliphatic rings. The number of nitrogen functional groups attached to an aromatic ring is 1. The van der Waals surface area contributed by atoms with Crippen molar-refractivity contribution >= 4 is 17.4 Å². The average molecular weight is 233 g/mol. The summed E-state index contributed by atoms with van der Waals surface area (Å²) in [5, 5.41) is 0. The van der Waals surface area contributed by atoms with E-state index in [0.29, 0.717) is 11.6 Å². The molecule has 0 aromatic heterocycles. The fourth-order valence-electron chi connectivity index (χ4n) is 2.15. The maximum Gasteiger partial charge on any atom is 0.324 e. The lowest BCUT2D eigenvalue weighted by Crippen LogP contribution is -2.34. The highest BCUT2D eigenvalue weighted by molar-refractivity contribution is 5.97. The number of urea groups is 1. The molecule has 0 radical (unpaired) electrons. The Balaban J connectivity index is 2.15. The van der Waals surface area contributed by atoms with Crippen LogP contribution in [0, 0.1) is 5.92 Å². The molecular formula is C13H19N3O. The first kappa shape index (κ1) is 11.8. The number of rotatable bonds is 3. The second-order valence-electron chi connectivity index (χ2n) is 4.83. The van der Waals surface area contributed by atoms with Gasteiger partial charge >= 0.3 is 6.03 Å². The summed E-state index contributed by atoms with van der Waals surface area (Å²) in [7, 11) is 0. The van der Waals surface area contributed by atoms with Gasteiger partial charge in [-0.25, -0.2) is 4.79 Å². The van der Waals surface area contributed by atoms with Crippen LogP contribution >= 0.6 is 0 Å². The fourth-order valence-corrected chi connectivity index (χ4v) is 2.15. The summed E-state index contributed by atoms with van der Waals surface area (Å²) in [5.74, 6) is 0.493. The first-order valence-corrected chi connectivity index (χ1v) is 6.00. The molecule has 1 aromatic carbocycles. The average Bonchev–Trinajstić information content (AvgIpc) is 2.61. The molecule has 1 fully saturated rings. The van der Waals surface area contributed by atoms with E-state index in [-0.39, 0.29) is 6.03 Å². The van der Waals surface area contributed by atoms with Crippen LogP contribution < -0.4 is 10.6 Å². The van der Waals surface area contributed by atoms with Crippen molar-refractivity contribution in [3.05, 3.63) is 24.3 Å². The second kappa shape index (κ2) is 4.65. The summed E-state index contributed by atoms with van der Waals surface area (Å²) >= 11 is 0. The Morgan fingerprint density at radius 1 is 1.29 bits per heavy atom. The normalized spacial score (nSPS) is 16.1. The molecule has 92 valence electrons. The molecule has 1 aromatic rings. The van der Waals surface area contributed by atoms with Crippen molar-refractivity contribution in [2.24, 2.45) is 5.92 Å². The number of nitrogens with zero attached hydrogens (tertiary/aromatic N) is 2. The zero-order chi connectivity index (χ0) is 12.4.